The van der Waals surface area contributed by atoms with Crippen LogP contribution in [0.25, 0.3) is 32.5 Å². The topological polar surface area (TPSA) is 39.4 Å². The molecule has 0 spiro atoms. The summed E-state index contributed by atoms with van der Waals surface area (Å²) in [7, 11) is 0. The zero-order valence-electron chi connectivity index (χ0n) is 13.1. The molecule has 0 bridgehead atoms. The van der Waals surface area contributed by atoms with Crippen LogP contribution in [0.5, 0.6) is 0 Å². The van der Waals surface area contributed by atoms with Crippen LogP contribution in [0.3, 0.4) is 0 Å². The normalized spacial score (nSPS) is 11.4. The minimum Gasteiger partial charge on any atom is -0.460 e. The van der Waals surface area contributed by atoms with Crippen LogP contribution in [0.4, 0.5) is 0 Å². The van der Waals surface area contributed by atoms with Crippen molar-refractivity contribution in [2.45, 2.75) is 13.8 Å². The first-order valence-electron chi connectivity index (χ1n) is 7.71. The molecule has 3 heteroatoms. The number of esters is 1. The van der Waals surface area contributed by atoms with Crippen molar-refractivity contribution in [3.8, 4) is 0 Å². The summed E-state index contributed by atoms with van der Waals surface area (Å²) in [5.74, 6) is -0.172. The van der Waals surface area contributed by atoms with E-state index in [-0.39, 0.29) is 5.76 Å². The molecule has 0 unspecified atom stereocenters. The molecule has 3 nitrogen and oxygen atoms in total. The minimum absolute atomic E-state index is 0.250. The highest BCUT2D eigenvalue weighted by molar-refractivity contribution is 6.17. The van der Waals surface area contributed by atoms with Crippen LogP contribution in [0.1, 0.15) is 23.0 Å². The molecule has 0 amide bonds. The number of furan rings is 1. The van der Waals surface area contributed by atoms with Crippen molar-refractivity contribution < 1.29 is 13.9 Å². The standard InChI is InChI=1S/C20H16O3/c1-3-22-20(21)18-11-13-8-9-16-15-7-5-4-6-14(15)12(2)10-17(16)19(13)23-18/h4-11H,3H2,1-2H3. The SMILES string of the molecule is CCOC(=O)c1cc2ccc3c4ccccc4c(C)cc3c2o1. The Labute approximate surface area is 133 Å². The third-order valence-electron chi connectivity index (χ3n) is 4.20. The molecule has 1 aromatic heterocycles. The van der Waals surface area contributed by atoms with Crippen LogP contribution in [-0.4, -0.2) is 12.6 Å². The van der Waals surface area contributed by atoms with Crippen molar-refractivity contribution in [2.24, 2.45) is 0 Å². The number of aryl methyl sites for hydroxylation is 1. The Morgan fingerprint density at radius 3 is 2.52 bits per heavy atom. The summed E-state index contributed by atoms with van der Waals surface area (Å²) >= 11 is 0. The number of benzene rings is 3. The van der Waals surface area contributed by atoms with Gasteiger partial charge in [0.15, 0.2) is 0 Å². The highest BCUT2D eigenvalue weighted by atomic mass is 16.5. The highest BCUT2D eigenvalue weighted by Crippen LogP contribution is 2.34. The van der Waals surface area contributed by atoms with E-state index < -0.39 is 5.97 Å². The van der Waals surface area contributed by atoms with Crippen molar-refractivity contribution in [1.82, 2.24) is 0 Å². The monoisotopic (exact) mass is 304 g/mol. The van der Waals surface area contributed by atoms with Gasteiger partial charge in [-0.1, -0.05) is 36.4 Å². The second-order valence-electron chi connectivity index (χ2n) is 5.65. The van der Waals surface area contributed by atoms with Crippen LogP contribution in [0, 0.1) is 6.92 Å². The van der Waals surface area contributed by atoms with Gasteiger partial charge in [0, 0.05) is 10.8 Å². The van der Waals surface area contributed by atoms with Crippen molar-refractivity contribution in [2.75, 3.05) is 6.61 Å². The van der Waals surface area contributed by atoms with Gasteiger partial charge in [0.25, 0.3) is 0 Å². The fourth-order valence-corrected chi connectivity index (χ4v) is 3.16. The maximum atomic E-state index is 11.9. The molecule has 114 valence electrons. The van der Waals surface area contributed by atoms with E-state index in [0.29, 0.717) is 6.61 Å². The van der Waals surface area contributed by atoms with Gasteiger partial charge in [0.1, 0.15) is 5.58 Å². The van der Waals surface area contributed by atoms with Crippen LogP contribution >= 0.6 is 0 Å². The maximum absolute atomic E-state index is 11.9. The molecule has 4 aromatic rings. The molecule has 0 aliphatic rings. The molecule has 0 aliphatic carbocycles. The quantitative estimate of drug-likeness (QED) is 0.376. The van der Waals surface area contributed by atoms with Gasteiger partial charge in [0.05, 0.1) is 6.61 Å². The molecule has 4 rings (SSSR count). The number of hydrogen-bond acceptors (Lipinski definition) is 3. The number of hydrogen-bond donors (Lipinski definition) is 0. The van der Waals surface area contributed by atoms with Crippen LogP contribution < -0.4 is 0 Å². The van der Waals surface area contributed by atoms with E-state index in [0.717, 1.165) is 21.7 Å². The molecule has 0 atom stereocenters. The summed E-state index contributed by atoms with van der Waals surface area (Å²) in [5, 5.41) is 5.49. The Morgan fingerprint density at radius 2 is 1.74 bits per heavy atom. The minimum atomic E-state index is -0.422. The first kappa shape index (κ1) is 13.8. The van der Waals surface area contributed by atoms with Gasteiger partial charge in [-0.3, -0.25) is 0 Å². The summed E-state index contributed by atoms with van der Waals surface area (Å²) in [6, 6.07) is 16.3. The van der Waals surface area contributed by atoms with Gasteiger partial charge >= 0.3 is 5.97 Å². The summed E-state index contributed by atoms with van der Waals surface area (Å²) in [6.07, 6.45) is 0. The van der Waals surface area contributed by atoms with E-state index in [1.54, 1.807) is 13.0 Å². The molecule has 0 fully saturated rings. The lowest BCUT2D eigenvalue weighted by Crippen LogP contribution is -2.02. The predicted molar refractivity (Wildman–Crippen MR) is 91.9 cm³/mol. The lowest BCUT2D eigenvalue weighted by Gasteiger charge is -2.07. The van der Waals surface area contributed by atoms with E-state index in [1.165, 1.54) is 16.3 Å². The fraction of sp³-hybridized carbons (Fsp3) is 0.150. The molecule has 1 heterocycles. The molecule has 0 aliphatic heterocycles. The molecule has 3 aromatic carbocycles. The number of rotatable bonds is 2. The Balaban J connectivity index is 2.06. The van der Waals surface area contributed by atoms with Crippen LogP contribution in [0.2, 0.25) is 0 Å². The number of fused-ring (bicyclic) bond motifs is 5. The van der Waals surface area contributed by atoms with Gasteiger partial charge in [-0.05, 0) is 47.7 Å². The molecule has 0 saturated carbocycles. The molecule has 23 heavy (non-hydrogen) atoms. The van der Waals surface area contributed by atoms with Gasteiger partial charge in [-0.25, -0.2) is 4.79 Å². The van der Waals surface area contributed by atoms with Crippen molar-refractivity contribution in [3.05, 3.63) is 59.9 Å². The number of carbonyl (C=O) groups is 1. The third-order valence-corrected chi connectivity index (χ3v) is 4.20. The molecular formula is C20H16O3. The van der Waals surface area contributed by atoms with Crippen LogP contribution in [-0.2, 0) is 4.74 Å². The van der Waals surface area contributed by atoms with Crippen molar-refractivity contribution >= 4 is 38.5 Å². The average Bonchev–Trinajstić information content (AvgIpc) is 3.00. The predicted octanol–water partition coefficient (Wildman–Crippen LogP) is 5.22. The Morgan fingerprint density at radius 1 is 1.00 bits per heavy atom. The summed E-state index contributed by atoms with van der Waals surface area (Å²) in [6.45, 7) is 4.21. The summed E-state index contributed by atoms with van der Waals surface area (Å²) < 4.78 is 10.9. The van der Waals surface area contributed by atoms with E-state index in [2.05, 4.69) is 31.2 Å². The largest absolute Gasteiger partial charge is 0.460 e. The Hall–Kier alpha value is -2.81. The first-order chi connectivity index (χ1) is 11.2. The zero-order chi connectivity index (χ0) is 16.0. The van der Waals surface area contributed by atoms with Crippen LogP contribution in [0.15, 0.2) is 52.9 Å². The first-order valence-corrected chi connectivity index (χ1v) is 7.71. The number of carbonyl (C=O) groups excluding carboxylic acids is 1. The van der Waals surface area contributed by atoms with E-state index in [9.17, 15) is 4.79 Å². The lowest BCUT2D eigenvalue weighted by atomic mass is 9.97. The van der Waals surface area contributed by atoms with Crippen molar-refractivity contribution in [1.29, 1.82) is 0 Å². The van der Waals surface area contributed by atoms with Gasteiger partial charge in [-0.15, -0.1) is 0 Å². The molecular weight excluding hydrogens is 288 g/mol. The van der Waals surface area contributed by atoms with Gasteiger partial charge < -0.3 is 9.15 Å². The summed E-state index contributed by atoms with van der Waals surface area (Å²) in [5.41, 5.74) is 1.93. The van der Waals surface area contributed by atoms with Crippen molar-refractivity contribution in [3.63, 3.8) is 0 Å². The second kappa shape index (κ2) is 5.13. The van der Waals surface area contributed by atoms with E-state index >= 15 is 0 Å². The second-order valence-corrected chi connectivity index (χ2v) is 5.65. The Bertz CT molecular complexity index is 1060. The highest BCUT2D eigenvalue weighted by Gasteiger charge is 2.16. The zero-order valence-corrected chi connectivity index (χ0v) is 13.1. The summed E-state index contributed by atoms with van der Waals surface area (Å²) in [4.78, 5) is 11.9. The average molecular weight is 304 g/mol. The molecule has 0 radical (unpaired) electrons. The smallest absolute Gasteiger partial charge is 0.374 e. The van der Waals surface area contributed by atoms with E-state index in [4.69, 9.17) is 9.15 Å². The third kappa shape index (κ3) is 2.08. The fourth-order valence-electron chi connectivity index (χ4n) is 3.16. The number of ether oxygens (including phenoxy) is 1. The van der Waals surface area contributed by atoms with E-state index in [1.807, 2.05) is 18.2 Å². The molecule has 0 saturated heterocycles. The lowest BCUT2D eigenvalue weighted by molar-refractivity contribution is 0.0493. The van der Waals surface area contributed by atoms with Gasteiger partial charge in [0.2, 0.25) is 5.76 Å². The molecule has 0 N–H and O–H groups in total. The maximum Gasteiger partial charge on any atom is 0.374 e. The Kier molecular flexibility index (Phi) is 3.08. The van der Waals surface area contributed by atoms with Gasteiger partial charge in [-0.2, -0.15) is 0 Å².